The van der Waals surface area contributed by atoms with Crippen LogP contribution in [0.2, 0.25) is 0 Å². The fourth-order valence-electron chi connectivity index (χ4n) is 14.3. The van der Waals surface area contributed by atoms with Crippen molar-refractivity contribution >= 4 is 43.6 Å². The largest absolute Gasteiger partial charge is 0.309 e. The van der Waals surface area contributed by atoms with Crippen molar-refractivity contribution in [3.63, 3.8) is 0 Å². The molecular formula is C85H56N2. The summed E-state index contributed by atoms with van der Waals surface area (Å²) < 4.78 is 4.81. The van der Waals surface area contributed by atoms with Gasteiger partial charge in [0.25, 0.3) is 0 Å². The average Bonchev–Trinajstić information content (AvgIpc) is 1.62. The highest BCUT2D eigenvalue weighted by atomic mass is 15.0. The summed E-state index contributed by atoms with van der Waals surface area (Å²) >= 11 is 0. The maximum Gasteiger partial charge on any atom is 0.0713 e. The number of hydrogen-bond acceptors (Lipinski definition) is 0. The Hall–Kier alpha value is -11.3. The molecule has 2 heterocycles. The third-order valence-electron chi connectivity index (χ3n) is 18.5. The van der Waals surface area contributed by atoms with Crippen molar-refractivity contribution in [1.82, 2.24) is 9.13 Å². The van der Waals surface area contributed by atoms with Gasteiger partial charge in [0.2, 0.25) is 0 Å². The number of hydrogen-bond donors (Lipinski definition) is 0. The second kappa shape index (κ2) is 20.5. The van der Waals surface area contributed by atoms with Crippen LogP contribution in [0, 0.1) is 0 Å². The minimum atomic E-state index is -0.506. The summed E-state index contributed by atoms with van der Waals surface area (Å²) in [6.45, 7) is 0. The summed E-state index contributed by atoms with van der Waals surface area (Å²) in [6.07, 6.45) is 0. The Morgan fingerprint density at radius 1 is 0.184 bits per heavy atom. The average molecular weight is 1110 g/mol. The Balaban J connectivity index is 0.648. The van der Waals surface area contributed by atoms with Crippen LogP contribution in [0.5, 0.6) is 0 Å². The number of nitrogens with zero attached hydrogens (tertiary/aromatic N) is 2. The van der Waals surface area contributed by atoms with Gasteiger partial charge in [0.1, 0.15) is 0 Å². The third-order valence-corrected chi connectivity index (χ3v) is 18.5. The van der Waals surface area contributed by atoms with E-state index in [0.29, 0.717) is 0 Å². The highest BCUT2D eigenvalue weighted by Crippen LogP contribution is 2.57. The van der Waals surface area contributed by atoms with E-state index in [4.69, 9.17) is 0 Å². The molecule has 87 heavy (non-hydrogen) atoms. The Morgan fingerprint density at radius 3 is 0.897 bits per heavy atom. The molecule has 0 amide bonds. The van der Waals surface area contributed by atoms with Crippen molar-refractivity contribution in [2.75, 3.05) is 0 Å². The number of aromatic nitrogens is 2. The normalized spacial score (nSPS) is 12.5. The standard InChI is InChI=1S/C85H56N2/c1-3-17-57(18-4-1)62-41-47-71(48-42-62)86-81-31-13-9-27-75(81)77-55-67(45-51-83(77)86)68-46-52-84-78(56-68)76-28-10-14-32-82(76)87(84)72-49-43-63(44-50-72)61-35-33-59(34-36-61)60-37-39-64(40-38-60)66-22-16-24-70(54-66)85(69-23-15-21-65(53-69)58-19-5-2-6-20-58)79-29-11-7-25-73(79)74-26-8-12-30-80(74)85/h1-56H. The maximum atomic E-state index is 2.43. The molecular weight excluding hydrogens is 1050 g/mol. The van der Waals surface area contributed by atoms with Crippen LogP contribution in [0.25, 0.3) is 133 Å². The van der Waals surface area contributed by atoms with Gasteiger partial charge in [0.15, 0.2) is 0 Å². The maximum absolute atomic E-state index is 2.43. The Kier molecular flexibility index (Phi) is 11.8. The molecule has 1 aliphatic carbocycles. The van der Waals surface area contributed by atoms with Crippen molar-refractivity contribution in [2.45, 2.75) is 5.41 Å². The van der Waals surface area contributed by atoms with Gasteiger partial charge in [-0.3, -0.25) is 0 Å². The molecule has 0 bridgehead atoms. The van der Waals surface area contributed by atoms with Crippen molar-refractivity contribution in [3.05, 3.63) is 362 Å². The number of benzene rings is 14. The van der Waals surface area contributed by atoms with Crippen LogP contribution in [0.3, 0.4) is 0 Å². The van der Waals surface area contributed by atoms with Crippen molar-refractivity contribution in [2.24, 2.45) is 0 Å². The van der Waals surface area contributed by atoms with Gasteiger partial charge in [-0.25, -0.2) is 0 Å². The van der Waals surface area contributed by atoms with Crippen molar-refractivity contribution < 1.29 is 0 Å². The van der Waals surface area contributed by atoms with E-state index in [9.17, 15) is 0 Å². The molecule has 16 aromatic rings. The SMILES string of the molecule is c1ccc(-c2ccc(-n3c4ccccc4c4cc(-c5ccc6c(c5)c5ccccc5n6-c5ccc(-c6ccc(-c7ccc(-c8cccc(C9(c%10cccc(-c%11ccccc%11)c%10)c%10ccccc%10-c%10ccccc%109)c8)cc7)cc6)cc5)ccc43)cc2)cc1. The summed E-state index contributed by atoms with van der Waals surface area (Å²) in [7, 11) is 0. The molecule has 0 N–H and O–H groups in total. The van der Waals surface area contributed by atoms with Crippen LogP contribution in [0.15, 0.2) is 340 Å². The molecule has 14 aromatic carbocycles. The predicted molar refractivity (Wildman–Crippen MR) is 365 cm³/mol. The molecule has 17 rings (SSSR count). The molecule has 1 aliphatic rings. The first kappa shape index (κ1) is 50.2. The molecule has 2 nitrogen and oxygen atoms in total. The van der Waals surface area contributed by atoms with E-state index in [1.54, 1.807) is 0 Å². The lowest BCUT2D eigenvalue weighted by Crippen LogP contribution is -2.28. The van der Waals surface area contributed by atoms with E-state index in [1.165, 1.54) is 144 Å². The Bertz CT molecular complexity index is 5230. The summed E-state index contributed by atoms with van der Waals surface area (Å²) in [4.78, 5) is 0. The van der Waals surface area contributed by atoms with Crippen LogP contribution in [0.1, 0.15) is 22.3 Å². The Morgan fingerprint density at radius 2 is 0.471 bits per heavy atom. The van der Waals surface area contributed by atoms with Crippen molar-refractivity contribution in [1.29, 1.82) is 0 Å². The van der Waals surface area contributed by atoms with Gasteiger partial charge in [0, 0.05) is 32.9 Å². The zero-order valence-corrected chi connectivity index (χ0v) is 47.7. The zero-order valence-electron chi connectivity index (χ0n) is 47.7. The monoisotopic (exact) mass is 1100 g/mol. The summed E-state index contributed by atoms with van der Waals surface area (Å²) in [5, 5.41) is 4.97. The molecule has 0 aliphatic heterocycles. The minimum absolute atomic E-state index is 0.506. The highest BCUT2D eigenvalue weighted by molar-refractivity contribution is 6.13. The summed E-state index contributed by atoms with van der Waals surface area (Å²) in [6, 6.07) is 125. The second-order valence-corrected chi connectivity index (χ2v) is 23.2. The van der Waals surface area contributed by atoms with Crippen LogP contribution in [-0.4, -0.2) is 9.13 Å². The van der Waals surface area contributed by atoms with Gasteiger partial charge in [-0.05, 0) is 173 Å². The lowest BCUT2D eigenvalue weighted by Gasteiger charge is -2.34. The van der Waals surface area contributed by atoms with Gasteiger partial charge in [-0.15, -0.1) is 0 Å². The van der Waals surface area contributed by atoms with Gasteiger partial charge >= 0.3 is 0 Å². The second-order valence-electron chi connectivity index (χ2n) is 23.2. The number of para-hydroxylation sites is 2. The van der Waals surface area contributed by atoms with Gasteiger partial charge in [-0.2, -0.15) is 0 Å². The zero-order chi connectivity index (χ0) is 57.4. The van der Waals surface area contributed by atoms with Crippen LogP contribution < -0.4 is 0 Å². The van der Waals surface area contributed by atoms with Crippen LogP contribution in [0.4, 0.5) is 0 Å². The lowest BCUT2D eigenvalue weighted by molar-refractivity contribution is 0.769. The van der Waals surface area contributed by atoms with E-state index < -0.39 is 5.41 Å². The van der Waals surface area contributed by atoms with E-state index >= 15 is 0 Å². The van der Waals surface area contributed by atoms with Crippen LogP contribution >= 0.6 is 0 Å². The highest BCUT2D eigenvalue weighted by Gasteiger charge is 2.46. The van der Waals surface area contributed by atoms with E-state index in [0.717, 1.165) is 11.4 Å². The van der Waals surface area contributed by atoms with Gasteiger partial charge in [0.05, 0.1) is 27.5 Å². The molecule has 2 heteroatoms. The van der Waals surface area contributed by atoms with E-state index in [2.05, 4.69) is 349 Å². The molecule has 0 spiro atoms. The molecule has 0 radical (unpaired) electrons. The molecule has 0 atom stereocenters. The molecule has 0 unspecified atom stereocenters. The lowest BCUT2D eigenvalue weighted by atomic mass is 9.67. The number of fused-ring (bicyclic) bond motifs is 9. The third kappa shape index (κ3) is 8.25. The molecule has 2 aromatic heterocycles. The topological polar surface area (TPSA) is 9.86 Å². The quantitative estimate of drug-likeness (QED) is 0.129. The van der Waals surface area contributed by atoms with E-state index in [-0.39, 0.29) is 0 Å². The summed E-state index contributed by atoms with van der Waals surface area (Å²) in [5.41, 5.74) is 28.7. The van der Waals surface area contributed by atoms with Crippen LogP contribution in [-0.2, 0) is 5.41 Å². The van der Waals surface area contributed by atoms with Gasteiger partial charge < -0.3 is 9.13 Å². The van der Waals surface area contributed by atoms with E-state index in [1.807, 2.05) is 0 Å². The number of rotatable bonds is 10. The molecule has 0 saturated heterocycles. The smallest absolute Gasteiger partial charge is 0.0713 e. The first-order valence-corrected chi connectivity index (χ1v) is 30.1. The van der Waals surface area contributed by atoms with Gasteiger partial charge in [-0.1, -0.05) is 267 Å². The molecule has 406 valence electrons. The van der Waals surface area contributed by atoms with Crippen molar-refractivity contribution in [3.8, 4) is 89.3 Å². The summed E-state index contributed by atoms with van der Waals surface area (Å²) in [5.74, 6) is 0. The fourth-order valence-corrected chi connectivity index (χ4v) is 14.3. The predicted octanol–water partition coefficient (Wildman–Crippen LogP) is 22.2. The Labute approximate surface area is 506 Å². The fraction of sp³-hybridized carbons (Fsp3) is 0.0118. The molecule has 0 saturated carbocycles. The molecule has 0 fully saturated rings. The first-order valence-electron chi connectivity index (χ1n) is 30.1. The first-order chi connectivity index (χ1) is 43.1. The minimum Gasteiger partial charge on any atom is -0.309 e.